The normalized spacial score (nSPS) is 11.0. The second kappa shape index (κ2) is 8.92. The molecule has 0 aliphatic heterocycles. The number of nitrogens with zero attached hydrogens (tertiary/aromatic N) is 1. The van der Waals surface area contributed by atoms with Crippen molar-refractivity contribution in [3.8, 4) is 0 Å². The molecule has 0 saturated heterocycles. The van der Waals surface area contributed by atoms with Crippen molar-refractivity contribution in [1.82, 2.24) is 10.2 Å². The molecule has 0 bridgehead atoms. The van der Waals surface area contributed by atoms with Gasteiger partial charge in [0.25, 0.3) is 0 Å². The lowest BCUT2D eigenvalue weighted by molar-refractivity contribution is -0.131. The highest BCUT2D eigenvalue weighted by atomic mass is 16.4. The van der Waals surface area contributed by atoms with Crippen molar-refractivity contribution in [2.24, 2.45) is 0 Å². The number of carboxylic acid groups (broad SMARTS) is 1. The third kappa shape index (κ3) is 6.23. The van der Waals surface area contributed by atoms with Crippen molar-refractivity contribution in [2.75, 3.05) is 13.1 Å². The molecule has 0 saturated carbocycles. The molecule has 5 nitrogen and oxygen atoms in total. The Hall–Kier alpha value is -2.14. The summed E-state index contributed by atoms with van der Waals surface area (Å²) in [5, 5.41) is 11.2. The lowest BCUT2D eigenvalue weighted by Crippen LogP contribution is -2.25. The summed E-state index contributed by atoms with van der Waals surface area (Å²) in [4.78, 5) is 24.1. The fraction of sp³-hybridized carbons (Fsp3) is 0.375. The third-order valence-corrected chi connectivity index (χ3v) is 3.24. The highest BCUT2D eigenvalue weighted by molar-refractivity contribution is 5.93. The van der Waals surface area contributed by atoms with Crippen LogP contribution < -0.4 is 5.32 Å². The fourth-order valence-electron chi connectivity index (χ4n) is 1.96. The predicted octanol–water partition coefficient (Wildman–Crippen LogP) is 1.79. The summed E-state index contributed by atoms with van der Waals surface area (Å²) in [6.45, 7) is 7.40. The Kier molecular flexibility index (Phi) is 7.18. The number of rotatable bonds is 8. The van der Waals surface area contributed by atoms with Gasteiger partial charge in [-0.05, 0) is 24.2 Å². The molecule has 0 spiro atoms. The molecule has 0 aliphatic rings. The van der Waals surface area contributed by atoms with Gasteiger partial charge >= 0.3 is 5.97 Å². The quantitative estimate of drug-likeness (QED) is 0.716. The first-order valence-corrected chi connectivity index (χ1v) is 7.04. The van der Waals surface area contributed by atoms with Gasteiger partial charge in [-0.3, -0.25) is 9.69 Å². The zero-order valence-corrected chi connectivity index (χ0v) is 12.5. The number of carboxylic acids is 1. The standard InChI is InChI=1S/C16H22N2O3/c1-3-18(4-2)12-14-8-6-5-7-13(14)11-17-15(19)9-10-16(20)21/h5-10H,3-4,11-12H2,1-2H3,(H,17,19)(H,20,21)/b10-9+. The molecule has 0 aliphatic carbocycles. The molecule has 0 radical (unpaired) electrons. The average molecular weight is 290 g/mol. The topological polar surface area (TPSA) is 69.6 Å². The monoisotopic (exact) mass is 290 g/mol. The summed E-state index contributed by atoms with van der Waals surface area (Å²) >= 11 is 0. The van der Waals surface area contributed by atoms with Gasteiger partial charge in [0.15, 0.2) is 0 Å². The van der Waals surface area contributed by atoms with Crippen molar-refractivity contribution >= 4 is 11.9 Å². The Balaban J connectivity index is 2.66. The minimum absolute atomic E-state index is 0.389. The smallest absolute Gasteiger partial charge is 0.328 e. The molecule has 114 valence electrons. The SMILES string of the molecule is CCN(CC)Cc1ccccc1CNC(=O)/C=C/C(=O)O. The van der Waals surface area contributed by atoms with Crippen molar-refractivity contribution in [2.45, 2.75) is 26.9 Å². The average Bonchev–Trinajstić information content (AvgIpc) is 2.49. The minimum atomic E-state index is -1.13. The lowest BCUT2D eigenvalue weighted by Gasteiger charge is -2.20. The first-order valence-electron chi connectivity index (χ1n) is 7.04. The van der Waals surface area contributed by atoms with Gasteiger partial charge in [-0.15, -0.1) is 0 Å². The first kappa shape index (κ1) is 16.9. The predicted molar refractivity (Wildman–Crippen MR) is 81.7 cm³/mol. The van der Waals surface area contributed by atoms with E-state index < -0.39 is 11.9 Å². The number of benzene rings is 1. The van der Waals surface area contributed by atoms with Crippen molar-refractivity contribution in [1.29, 1.82) is 0 Å². The zero-order valence-electron chi connectivity index (χ0n) is 12.5. The summed E-state index contributed by atoms with van der Waals surface area (Å²) in [6, 6.07) is 7.93. The molecule has 0 atom stereocenters. The molecule has 5 heteroatoms. The number of carbonyl (C=O) groups is 2. The second-order valence-electron chi connectivity index (χ2n) is 4.62. The van der Waals surface area contributed by atoms with Gasteiger partial charge in [0, 0.05) is 25.2 Å². The van der Waals surface area contributed by atoms with Crippen molar-refractivity contribution in [3.05, 3.63) is 47.5 Å². The highest BCUT2D eigenvalue weighted by Crippen LogP contribution is 2.11. The summed E-state index contributed by atoms with van der Waals surface area (Å²) in [5.41, 5.74) is 2.21. The molecule has 1 aromatic rings. The van der Waals surface area contributed by atoms with Gasteiger partial charge in [-0.25, -0.2) is 4.79 Å². The van der Waals surface area contributed by atoms with E-state index in [2.05, 4.69) is 24.1 Å². The summed E-state index contributed by atoms with van der Waals surface area (Å²) in [5.74, 6) is -1.54. The number of aliphatic carboxylic acids is 1. The van der Waals surface area contributed by atoms with Crippen LogP contribution in [0.5, 0.6) is 0 Å². The maximum atomic E-state index is 11.5. The van der Waals surface area contributed by atoms with E-state index in [4.69, 9.17) is 5.11 Å². The Morgan fingerprint density at radius 3 is 2.33 bits per heavy atom. The Labute approximate surface area is 125 Å². The van der Waals surface area contributed by atoms with Crippen LogP contribution in [0.15, 0.2) is 36.4 Å². The van der Waals surface area contributed by atoms with E-state index in [1.54, 1.807) is 0 Å². The van der Waals surface area contributed by atoms with E-state index in [0.29, 0.717) is 6.54 Å². The first-order chi connectivity index (χ1) is 10.1. The molecule has 21 heavy (non-hydrogen) atoms. The van der Waals surface area contributed by atoms with Crippen LogP contribution in [0.3, 0.4) is 0 Å². The molecule has 0 heterocycles. The number of hydrogen-bond donors (Lipinski definition) is 2. The molecule has 0 unspecified atom stereocenters. The van der Waals surface area contributed by atoms with Gasteiger partial charge in [-0.2, -0.15) is 0 Å². The molecular weight excluding hydrogens is 268 g/mol. The van der Waals surface area contributed by atoms with E-state index in [1.807, 2.05) is 24.3 Å². The lowest BCUT2D eigenvalue weighted by atomic mass is 10.1. The van der Waals surface area contributed by atoms with Gasteiger partial charge in [0.2, 0.25) is 5.91 Å². The van der Waals surface area contributed by atoms with Gasteiger partial charge in [0.05, 0.1) is 0 Å². The van der Waals surface area contributed by atoms with E-state index in [0.717, 1.165) is 37.3 Å². The van der Waals surface area contributed by atoms with E-state index in [9.17, 15) is 9.59 Å². The van der Waals surface area contributed by atoms with Gasteiger partial charge in [-0.1, -0.05) is 38.1 Å². The van der Waals surface area contributed by atoms with Gasteiger partial charge < -0.3 is 10.4 Å². The molecule has 1 amide bonds. The fourth-order valence-corrected chi connectivity index (χ4v) is 1.96. The van der Waals surface area contributed by atoms with Crippen LogP contribution >= 0.6 is 0 Å². The van der Waals surface area contributed by atoms with E-state index in [-0.39, 0.29) is 0 Å². The maximum absolute atomic E-state index is 11.5. The Morgan fingerprint density at radius 2 is 1.76 bits per heavy atom. The molecule has 2 N–H and O–H groups in total. The van der Waals surface area contributed by atoms with Crippen molar-refractivity contribution < 1.29 is 14.7 Å². The number of amides is 1. The highest BCUT2D eigenvalue weighted by Gasteiger charge is 2.06. The van der Waals surface area contributed by atoms with Crippen molar-refractivity contribution in [3.63, 3.8) is 0 Å². The van der Waals surface area contributed by atoms with Crippen LogP contribution in [-0.2, 0) is 22.7 Å². The summed E-state index contributed by atoms with van der Waals surface area (Å²) in [6.07, 6.45) is 1.85. The van der Waals surface area contributed by atoms with Crippen LogP contribution in [-0.4, -0.2) is 35.0 Å². The molecular formula is C16H22N2O3. The molecule has 1 aromatic carbocycles. The van der Waals surface area contributed by atoms with Crippen LogP contribution in [0.1, 0.15) is 25.0 Å². The molecule has 0 aromatic heterocycles. The van der Waals surface area contributed by atoms with Crippen LogP contribution in [0, 0.1) is 0 Å². The van der Waals surface area contributed by atoms with Crippen LogP contribution in [0.4, 0.5) is 0 Å². The van der Waals surface area contributed by atoms with E-state index >= 15 is 0 Å². The van der Waals surface area contributed by atoms with Crippen LogP contribution in [0.25, 0.3) is 0 Å². The largest absolute Gasteiger partial charge is 0.478 e. The van der Waals surface area contributed by atoms with Crippen LogP contribution in [0.2, 0.25) is 0 Å². The minimum Gasteiger partial charge on any atom is -0.478 e. The number of nitrogens with one attached hydrogen (secondary N) is 1. The summed E-state index contributed by atoms with van der Waals surface area (Å²) in [7, 11) is 0. The molecule has 0 fully saturated rings. The van der Waals surface area contributed by atoms with E-state index in [1.165, 1.54) is 5.56 Å². The maximum Gasteiger partial charge on any atom is 0.328 e. The molecule has 1 rings (SSSR count). The van der Waals surface area contributed by atoms with Gasteiger partial charge in [0.1, 0.15) is 0 Å². The Bertz CT molecular complexity index is 508. The second-order valence-corrected chi connectivity index (χ2v) is 4.62. The Morgan fingerprint density at radius 1 is 1.14 bits per heavy atom. The zero-order chi connectivity index (χ0) is 15.7. The third-order valence-electron chi connectivity index (χ3n) is 3.24. The number of carbonyl (C=O) groups excluding carboxylic acids is 1. The number of hydrogen-bond acceptors (Lipinski definition) is 3. The summed E-state index contributed by atoms with van der Waals surface area (Å²) < 4.78 is 0.